The van der Waals surface area contributed by atoms with Crippen molar-refractivity contribution >= 4 is 33.2 Å². The molecule has 1 aliphatic heterocycles. The summed E-state index contributed by atoms with van der Waals surface area (Å²) in [6.45, 7) is 1.35. The molecular weight excluding hydrogens is 336 g/mol. The van der Waals surface area contributed by atoms with Crippen LogP contribution in [0.4, 0.5) is 0 Å². The summed E-state index contributed by atoms with van der Waals surface area (Å²) in [5.74, 6) is 0.0732. The number of halogens is 1. The quantitative estimate of drug-likeness (QED) is 0.893. The first kappa shape index (κ1) is 13.8. The molecule has 1 aliphatic rings. The third kappa shape index (κ3) is 3.11. The predicted molar refractivity (Wildman–Crippen MR) is 84.6 cm³/mol. The second-order valence-corrected chi connectivity index (χ2v) is 6.77. The summed E-state index contributed by atoms with van der Waals surface area (Å²) >= 11 is 5.06. The molecule has 2 N–H and O–H groups in total. The van der Waals surface area contributed by atoms with Gasteiger partial charge in [0.25, 0.3) is 0 Å². The van der Waals surface area contributed by atoms with Crippen LogP contribution in [0.1, 0.15) is 16.0 Å². The average Bonchev–Trinajstić information content (AvgIpc) is 2.90. The van der Waals surface area contributed by atoms with Crippen molar-refractivity contribution in [1.82, 2.24) is 10.6 Å². The lowest BCUT2D eigenvalue weighted by Gasteiger charge is -2.25. The van der Waals surface area contributed by atoms with Gasteiger partial charge in [-0.1, -0.05) is 24.3 Å². The van der Waals surface area contributed by atoms with Gasteiger partial charge in [-0.15, -0.1) is 11.3 Å². The van der Waals surface area contributed by atoms with E-state index in [2.05, 4.69) is 38.7 Å². The van der Waals surface area contributed by atoms with E-state index < -0.39 is 0 Å². The van der Waals surface area contributed by atoms with Gasteiger partial charge < -0.3 is 10.6 Å². The Bertz CT molecular complexity index is 626. The Labute approximate surface area is 130 Å². The van der Waals surface area contributed by atoms with Crippen LogP contribution < -0.4 is 10.6 Å². The minimum atomic E-state index is -0.131. The first-order chi connectivity index (χ1) is 9.72. The molecule has 104 valence electrons. The Morgan fingerprint density at radius 1 is 1.40 bits per heavy atom. The maximum absolute atomic E-state index is 12.2. The smallest absolute Gasteiger partial charge is 0.237 e. The van der Waals surface area contributed by atoms with Crippen molar-refractivity contribution in [3.8, 4) is 0 Å². The van der Waals surface area contributed by atoms with Crippen LogP contribution in [0.2, 0.25) is 0 Å². The van der Waals surface area contributed by atoms with Crippen molar-refractivity contribution in [3.05, 3.63) is 56.2 Å². The summed E-state index contributed by atoms with van der Waals surface area (Å²) in [7, 11) is 0. The van der Waals surface area contributed by atoms with Crippen molar-refractivity contribution in [3.63, 3.8) is 0 Å². The standard InChI is InChI=1S/C15H15BrN2OS/c16-12-6-13(20-9-12)8-18-15(19)14-5-10-3-1-2-4-11(10)7-17-14/h1-4,6,9,14,17H,5,7-8H2,(H,18,19). The maximum atomic E-state index is 12.2. The van der Waals surface area contributed by atoms with E-state index in [1.165, 1.54) is 11.1 Å². The monoisotopic (exact) mass is 350 g/mol. The number of fused-ring (bicyclic) bond motifs is 1. The van der Waals surface area contributed by atoms with Crippen LogP contribution in [0.3, 0.4) is 0 Å². The molecule has 1 amide bonds. The normalized spacial score (nSPS) is 17.6. The molecule has 5 heteroatoms. The largest absolute Gasteiger partial charge is 0.350 e. The molecule has 1 aromatic heterocycles. The Kier molecular flexibility index (Phi) is 4.19. The van der Waals surface area contributed by atoms with Crippen LogP contribution in [0.5, 0.6) is 0 Å². The lowest BCUT2D eigenvalue weighted by molar-refractivity contribution is -0.123. The molecule has 0 saturated carbocycles. The zero-order chi connectivity index (χ0) is 13.9. The lowest BCUT2D eigenvalue weighted by atomic mass is 9.95. The van der Waals surface area contributed by atoms with Crippen molar-refractivity contribution in [2.75, 3.05) is 0 Å². The third-order valence-electron chi connectivity index (χ3n) is 3.46. The molecule has 0 radical (unpaired) electrons. The van der Waals surface area contributed by atoms with E-state index in [0.717, 1.165) is 22.3 Å². The van der Waals surface area contributed by atoms with Gasteiger partial charge in [-0.2, -0.15) is 0 Å². The number of thiophene rings is 1. The van der Waals surface area contributed by atoms with Gasteiger partial charge in [-0.05, 0) is 39.5 Å². The molecule has 20 heavy (non-hydrogen) atoms. The van der Waals surface area contributed by atoms with E-state index in [0.29, 0.717) is 6.54 Å². The highest BCUT2D eigenvalue weighted by molar-refractivity contribution is 9.10. The first-order valence-corrected chi connectivity index (χ1v) is 8.20. The molecular formula is C15H15BrN2OS. The van der Waals surface area contributed by atoms with Crippen LogP contribution >= 0.6 is 27.3 Å². The molecule has 0 saturated heterocycles. The molecule has 0 bridgehead atoms. The molecule has 1 unspecified atom stereocenters. The highest BCUT2D eigenvalue weighted by Gasteiger charge is 2.23. The van der Waals surface area contributed by atoms with E-state index in [1.807, 2.05) is 23.6 Å². The number of rotatable bonds is 3. The van der Waals surface area contributed by atoms with Crippen molar-refractivity contribution in [2.24, 2.45) is 0 Å². The number of benzene rings is 1. The van der Waals surface area contributed by atoms with Gasteiger partial charge in [0, 0.05) is 21.3 Å². The molecule has 0 spiro atoms. The zero-order valence-electron chi connectivity index (χ0n) is 10.9. The fourth-order valence-electron chi connectivity index (χ4n) is 2.38. The van der Waals surface area contributed by atoms with E-state index in [9.17, 15) is 4.79 Å². The molecule has 2 aromatic rings. The van der Waals surface area contributed by atoms with Crippen LogP contribution in [0.25, 0.3) is 0 Å². The van der Waals surface area contributed by atoms with Crippen molar-refractivity contribution < 1.29 is 4.79 Å². The van der Waals surface area contributed by atoms with E-state index >= 15 is 0 Å². The van der Waals surface area contributed by atoms with Crippen LogP contribution in [0, 0.1) is 0 Å². The Morgan fingerprint density at radius 2 is 2.20 bits per heavy atom. The van der Waals surface area contributed by atoms with Crippen molar-refractivity contribution in [2.45, 2.75) is 25.6 Å². The number of carbonyl (C=O) groups excluding carboxylic acids is 1. The topological polar surface area (TPSA) is 41.1 Å². The highest BCUT2D eigenvalue weighted by atomic mass is 79.9. The summed E-state index contributed by atoms with van der Waals surface area (Å²) in [5.41, 5.74) is 2.56. The summed E-state index contributed by atoms with van der Waals surface area (Å²) in [4.78, 5) is 13.4. The SMILES string of the molecule is O=C(NCc1cc(Br)cs1)C1Cc2ccccc2CN1. The molecule has 0 aliphatic carbocycles. The second kappa shape index (κ2) is 6.08. The molecule has 1 atom stereocenters. The number of hydrogen-bond acceptors (Lipinski definition) is 3. The number of nitrogens with one attached hydrogen (secondary N) is 2. The van der Waals surface area contributed by atoms with Crippen LogP contribution in [-0.4, -0.2) is 11.9 Å². The second-order valence-electron chi connectivity index (χ2n) is 4.86. The predicted octanol–water partition coefficient (Wildman–Crippen LogP) is 2.84. The van der Waals surface area contributed by atoms with Gasteiger partial charge >= 0.3 is 0 Å². The Balaban J connectivity index is 1.59. The fourth-order valence-corrected chi connectivity index (χ4v) is 3.77. The summed E-state index contributed by atoms with van der Waals surface area (Å²) < 4.78 is 1.07. The van der Waals surface area contributed by atoms with Crippen molar-refractivity contribution in [1.29, 1.82) is 0 Å². The van der Waals surface area contributed by atoms with Gasteiger partial charge in [-0.3, -0.25) is 4.79 Å². The first-order valence-electron chi connectivity index (χ1n) is 6.53. The number of carbonyl (C=O) groups is 1. The van der Waals surface area contributed by atoms with Gasteiger partial charge in [0.05, 0.1) is 12.6 Å². The lowest BCUT2D eigenvalue weighted by Crippen LogP contribution is -2.47. The van der Waals surface area contributed by atoms with Gasteiger partial charge in [0.2, 0.25) is 5.91 Å². The highest BCUT2D eigenvalue weighted by Crippen LogP contribution is 2.20. The molecule has 3 nitrogen and oxygen atoms in total. The van der Waals surface area contributed by atoms with E-state index in [1.54, 1.807) is 11.3 Å². The minimum Gasteiger partial charge on any atom is -0.350 e. The summed E-state index contributed by atoms with van der Waals surface area (Å²) in [5, 5.41) is 8.32. The van der Waals surface area contributed by atoms with Crippen LogP contribution in [-0.2, 0) is 24.3 Å². The zero-order valence-corrected chi connectivity index (χ0v) is 13.3. The summed E-state index contributed by atoms with van der Waals surface area (Å²) in [6.07, 6.45) is 0.760. The number of hydrogen-bond donors (Lipinski definition) is 2. The third-order valence-corrected chi connectivity index (χ3v) is 5.15. The Hall–Kier alpha value is -1.17. The molecule has 0 fully saturated rings. The molecule has 2 heterocycles. The molecule has 3 rings (SSSR count). The number of amides is 1. The maximum Gasteiger partial charge on any atom is 0.237 e. The van der Waals surface area contributed by atoms with Gasteiger partial charge in [0.1, 0.15) is 0 Å². The molecule has 1 aromatic carbocycles. The van der Waals surface area contributed by atoms with Gasteiger partial charge in [-0.25, -0.2) is 0 Å². The average molecular weight is 351 g/mol. The fraction of sp³-hybridized carbons (Fsp3) is 0.267. The van der Waals surface area contributed by atoms with E-state index in [-0.39, 0.29) is 11.9 Å². The van der Waals surface area contributed by atoms with E-state index in [4.69, 9.17) is 0 Å². The minimum absolute atomic E-state index is 0.0732. The Morgan fingerprint density at radius 3 is 2.95 bits per heavy atom. The van der Waals surface area contributed by atoms with Crippen LogP contribution in [0.15, 0.2) is 40.2 Å². The van der Waals surface area contributed by atoms with Gasteiger partial charge in [0.15, 0.2) is 0 Å². The summed E-state index contributed by atoms with van der Waals surface area (Å²) in [6, 6.07) is 10.2.